The lowest BCUT2D eigenvalue weighted by atomic mass is 10.1. The number of nitrogens with zero attached hydrogens (tertiary/aromatic N) is 2. The van der Waals surface area contributed by atoms with Gasteiger partial charge in [0.2, 0.25) is 5.91 Å². The van der Waals surface area contributed by atoms with Crippen LogP contribution in [-0.4, -0.2) is 37.3 Å². The maximum Gasteiger partial charge on any atom is 0.325 e. The van der Waals surface area contributed by atoms with Gasteiger partial charge in [-0.2, -0.15) is 5.10 Å². The molecule has 1 atom stereocenters. The van der Waals surface area contributed by atoms with Crippen molar-refractivity contribution in [2.75, 3.05) is 11.1 Å². The minimum absolute atomic E-state index is 0.0418. The lowest BCUT2D eigenvalue weighted by Crippen LogP contribution is -2.34. The maximum atomic E-state index is 12.1. The first-order chi connectivity index (χ1) is 8.49. The number of nitrogens with one attached hydrogen (secondary N) is 1. The van der Waals surface area contributed by atoms with Crippen LogP contribution in [0.1, 0.15) is 19.8 Å². The molecule has 1 aliphatic rings. The number of hydrogen-bond donors (Lipinski definition) is 2. The number of carboxylic acid groups (broad SMARTS) is 1. The predicted molar refractivity (Wildman–Crippen MR) is 68.6 cm³/mol. The van der Waals surface area contributed by atoms with Crippen molar-refractivity contribution in [3.63, 3.8) is 0 Å². The summed E-state index contributed by atoms with van der Waals surface area (Å²) in [6.07, 6.45) is 4.90. The summed E-state index contributed by atoms with van der Waals surface area (Å²) in [5.41, 5.74) is 0.537. The van der Waals surface area contributed by atoms with Crippen LogP contribution in [0.25, 0.3) is 0 Å². The Labute approximate surface area is 109 Å². The number of rotatable bonds is 4. The summed E-state index contributed by atoms with van der Waals surface area (Å²) in [5.74, 6) is -0.00323. The lowest BCUT2D eigenvalue weighted by molar-refractivity contribution is -0.137. The second kappa shape index (κ2) is 5.01. The van der Waals surface area contributed by atoms with E-state index in [2.05, 4.69) is 10.4 Å². The van der Waals surface area contributed by atoms with Crippen LogP contribution < -0.4 is 5.32 Å². The fraction of sp³-hybridized carbons (Fsp3) is 0.545. The van der Waals surface area contributed by atoms with Crippen molar-refractivity contribution in [1.29, 1.82) is 0 Å². The highest BCUT2D eigenvalue weighted by Gasteiger charge is 2.37. The molecule has 1 aromatic rings. The predicted octanol–water partition coefficient (Wildman–Crippen LogP) is 1.19. The summed E-state index contributed by atoms with van der Waals surface area (Å²) in [4.78, 5) is 22.6. The highest BCUT2D eigenvalue weighted by Crippen LogP contribution is 2.38. The van der Waals surface area contributed by atoms with Gasteiger partial charge in [0.25, 0.3) is 0 Å². The summed E-state index contributed by atoms with van der Waals surface area (Å²) < 4.78 is 0.900. The maximum absolute atomic E-state index is 12.1. The van der Waals surface area contributed by atoms with E-state index in [-0.39, 0.29) is 17.2 Å². The summed E-state index contributed by atoms with van der Waals surface area (Å²) in [7, 11) is 0. The first-order valence-electron chi connectivity index (χ1n) is 5.69. The van der Waals surface area contributed by atoms with Crippen molar-refractivity contribution < 1.29 is 14.7 Å². The standard InChI is InChI=1S/C11H15N3O3S/c1-11(3-2-4-18-11)10(17)13-8-5-12-14(6-8)7-9(15)16/h5-6H,2-4,7H2,1H3,(H,13,17)(H,15,16). The van der Waals surface area contributed by atoms with Crippen LogP contribution in [-0.2, 0) is 16.1 Å². The van der Waals surface area contributed by atoms with E-state index in [0.717, 1.165) is 18.6 Å². The molecule has 2 rings (SSSR count). The highest BCUT2D eigenvalue weighted by atomic mass is 32.2. The van der Waals surface area contributed by atoms with Gasteiger partial charge in [0.15, 0.2) is 0 Å². The molecular formula is C11H15N3O3S. The molecule has 2 N–H and O–H groups in total. The lowest BCUT2D eigenvalue weighted by Gasteiger charge is -2.20. The van der Waals surface area contributed by atoms with Gasteiger partial charge < -0.3 is 10.4 Å². The number of carbonyl (C=O) groups excluding carboxylic acids is 1. The Morgan fingerprint density at radius 2 is 2.44 bits per heavy atom. The Balaban J connectivity index is 1.99. The number of hydrogen-bond acceptors (Lipinski definition) is 4. The van der Waals surface area contributed by atoms with E-state index in [1.54, 1.807) is 11.8 Å². The third-order valence-corrected chi connectivity index (χ3v) is 4.41. The SMILES string of the molecule is CC1(C(=O)Nc2cnn(CC(=O)O)c2)CCCS1. The van der Waals surface area contributed by atoms with Crippen molar-refractivity contribution in [2.24, 2.45) is 0 Å². The number of thioether (sulfide) groups is 1. The number of carboxylic acids is 1. The summed E-state index contributed by atoms with van der Waals surface area (Å²) >= 11 is 1.66. The monoisotopic (exact) mass is 269 g/mol. The van der Waals surface area contributed by atoms with Gasteiger partial charge in [0.1, 0.15) is 6.54 Å². The summed E-state index contributed by atoms with van der Waals surface area (Å²) in [6, 6.07) is 0. The van der Waals surface area contributed by atoms with Gasteiger partial charge in [0.05, 0.1) is 16.6 Å². The minimum Gasteiger partial charge on any atom is -0.480 e. The third kappa shape index (κ3) is 2.84. The van der Waals surface area contributed by atoms with Gasteiger partial charge in [-0.25, -0.2) is 0 Å². The van der Waals surface area contributed by atoms with Crippen molar-refractivity contribution >= 4 is 29.3 Å². The van der Waals surface area contributed by atoms with Crippen LogP contribution in [0.15, 0.2) is 12.4 Å². The number of carbonyl (C=O) groups is 2. The molecular weight excluding hydrogens is 254 g/mol. The zero-order valence-corrected chi connectivity index (χ0v) is 10.9. The molecule has 1 amide bonds. The smallest absolute Gasteiger partial charge is 0.325 e. The minimum atomic E-state index is -0.964. The second-order valence-electron chi connectivity index (χ2n) is 4.46. The van der Waals surface area contributed by atoms with E-state index in [1.165, 1.54) is 17.1 Å². The van der Waals surface area contributed by atoms with E-state index in [4.69, 9.17) is 5.11 Å². The summed E-state index contributed by atoms with van der Waals surface area (Å²) in [5, 5.41) is 15.3. The van der Waals surface area contributed by atoms with Gasteiger partial charge in [-0.1, -0.05) is 0 Å². The van der Waals surface area contributed by atoms with Crippen molar-refractivity contribution in [3.8, 4) is 0 Å². The molecule has 18 heavy (non-hydrogen) atoms. The number of aliphatic carboxylic acids is 1. The van der Waals surface area contributed by atoms with Gasteiger partial charge in [0, 0.05) is 6.20 Å². The Kier molecular flexibility index (Phi) is 3.60. The normalized spacial score (nSPS) is 22.9. The molecule has 7 heteroatoms. The second-order valence-corrected chi connectivity index (χ2v) is 6.06. The van der Waals surface area contributed by atoms with Gasteiger partial charge >= 0.3 is 5.97 Å². The molecule has 0 aliphatic carbocycles. The van der Waals surface area contributed by atoms with Crippen LogP contribution in [0.3, 0.4) is 0 Å². The molecule has 1 aliphatic heterocycles. The zero-order chi connectivity index (χ0) is 13.2. The first kappa shape index (κ1) is 12.9. The molecule has 0 spiro atoms. The molecule has 0 aromatic carbocycles. The van der Waals surface area contributed by atoms with Crippen LogP contribution in [0.5, 0.6) is 0 Å². The number of amides is 1. The number of anilines is 1. The molecule has 0 saturated carbocycles. The molecule has 0 bridgehead atoms. The Morgan fingerprint density at radius 3 is 3.06 bits per heavy atom. The van der Waals surface area contributed by atoms with E-state index in [1.807, 2.05) is 6.92 Å². The molecule has 0 radical (unpaired) electrons. The van der Waals surface area contributed by atoms with Gasteiger partial charge in [-0.3, -0.25) is 14.3 Å². The fourth-order valence-corrected chi connectivity index (χ4v) is 3.08. The van der Waals surface area contributed by atoms with E-state index < -0.39 is 5.97 Å². The third-order valence-electron chi connectivity index (χ3n) is 2.89. The van der Waals surface area contributed by atoms with Crippen molar-refractivity contribution in [3.05, 3.63) is 12.4 Å². The average molecular weight is 269 g/mol. The van der Waals surface area contributed by atoms with Crippen LogP contribution in [0.4, 0.5) is 5.69 Å². The van der Waals surface area contributed by atoms with Gasteiger partial charge in [-0.15, -0.1) is 11.8 Å². The molecule has 1 unspecified atom stereocenters. The number of aromatic nitrogens is 2. The zero-order valence-electron chi connectivity index (χ0n) is 10.0. The van der Waals surface area contributed by atoms with Crippen LogP contribution >= 0.6 is 11.8 Å². The van der Waals surface area contributed by atoms with Crippen molar-refractivity contribution in [2.45, 2.75) is 31.1 Å². The quantitative estimate of drug-likeness (QED) is 0.857. The molecule has 2 heterocycles. The Morgan fingerprint density at radius 1 is 1.67 bits per heavy atom. The van der Waals surface area contributed by atoms with E-state index >= 15 is 0 Å². The van der Waals surface area contributed by atoms with Crippen molar-refractivity contribution in [1.82, 2.24) is 9.78 Å². The van der Waals surface area contributed by atoms with Gasteiger partial charge in [-0.05, 0) is 25.5 Å². The molecule has 1 fully saturated rings. The summed E-state index contributed by atoms with van der Waals surface area (Å²) in [6.45, 7) is 1.73. The van der Waals surface area contributed by atoms with Crippen LogP contribution in [0, 0.1) is 0 Å². The Bertz CT molecular complexity index is 466. The largest absolute Gasteiger partial charge is 0.480 e. The fourth-order valence-electron chi connectivity index (χ4n) is 1.87. The topological polar surface area (TPSA) is 84.2 Å². The molecule has 1 saturated heterocycles. The molecule has 98 valence electrons. The Hall–Kier alpha value is -1.50. The van der Waals surface area contributed by atoms with E-state index in [9.17, 15) is 9.59 Å². The van der Waals surface area contributed by atoms with Crippen LogP contribution in [0.2, 0.25) is 0 Å². The molecule has 1 aromatic heterocycles. The molecule has 6 nitrogen and oxygen atoms in total. The van der Waals surface area contributed by atoms with E-state index in [0.29, 0.717) is 5.69 Å². The first-order valence-corrected chi connectivity index (χ1v) is 6.68. The average Bonchev–Trinajstić information content (AvgIpc) is 2.88. The highest BCUT2D eigenvalue weighted by molar-refractivity contribution is 8.01.